The Labute approximate surface area is 189 Å². The highest BCUT2D eigenvalue weighted by Gasteiger charge is 2.27. The third-order valence-electron chi connectivity index (χ3n) is 6.26. The van der Waals surface area contributed by atoms with Crippen molar-refractivity contribution in [2.75, 3.05) is 19.6 Å². The van der Waals surface area contributed by atoms with Gasteiger partial charge in [-0.05, 0) is 48.9 Å². The van der Waals surface area contributed by atoms with Gasteiger partial charge < -0.3 is 10.2 Å². The summed E-state index contributed by atoms with van der Waals surface area (Å²) in [4.78, 5) is 27.4. The number of nitrogens with one attached hydrogen (secondary N) is 2. The van der Waals surface area contributed by atoms with Crippen LogP contribution in [0.5, 0.6) is 0 Å². The van der Waals surface area contributed by atoms with Gasteiger partial charge in [-0.1, -0.05) is 54.6 Å². The zero-order valence-corrected chi connectivity index (χ0v) is 18.7. The normalized spacial score (nSPS) is 16.5. The van der Waals surface area contributed by atoms with Gasteiger partial charge in [0, 0.05) is 31.7 Å². The van der Waals surface area contributed by atoms with E-state index in [-0.39, 0.29) is 17.7 Å². The first kappa shape index (κ1) is 21.8. The van der Waals surface area contributed by atoms with Crippen molar-refractivity contribution >= 4 is 11.8 Å². The quantitative estimate of drug-likeness (QED) is 0.629. The predicted octanol–water partition coefficient (Wildman–Crippen LogP) is 3.44. The molecule has 3 aromatic rings. The number of hydrogen-bond donors (Lipinski definition) is 2. The second-order valence-electron chi connectivity index (χ2n) is 8.51. The fourth-order valence-corrected chi connectivity index (χ4v) is 4.36. The molecule has 2 heterocycles. The van der Waals surface area contributed by atoms with Crippen molar-refractivity contribution in [3.63, 3.8) is 0 Å². The second-order valence-corrected chi connectivity index (χ2v) is 8.51. The number of nitrogens with zero attached hydrogens (tertiary/aromatic N) is 2. The molecular weight excluding hydrogens is 400 g/mol. The molecule has 6 heteroatoms. The average molecular weight is 431 g/mol. The Kier molecular flexibility index (Phi) is 6.69. The number of aromatic amines is 1. The van der Waals surface area contributed by atoms with Crippen molar-refractivity contribution in [3.05, 3.63) is 77.1 Å². The number of carbonyl (C=O) groups excluding carboxylic acids is 2. The van der Waals surface area contributed by atoms with E-state index in [4.69, 9.17) is 0 Å². The van der Waals surface area contributed by atoms with Gasteiger partial charge in [0.25, 0.3) is 0 Å². The maximum Gasteiger partial charge on any atom is 0.225 e. The van der Waals surface area contributed by atoms with Crippen molar-refractivity contribution in [3.8, 4) is 11.1 Å². The third kappa shape index (κ3) is 5.07. The summed E-state index contributed by atoms with van der Waals surface area (Å²) in [5.41, 5.74) is 6.49. The highest BCUT2D eigenvalue weighted by Crippen LogP contribution is 2.21. The summed E-state index contributed by atoms with van der Waals surface area (Å²) in [6.45, 7) is 5.44. The first-order valence-electron chi connectivity index (χ1n) is 11.2. The molecular formula is C26H30N4O2. The van der Waals surface area contributed by atoms with E-state index in [0.717, 1.165) is 28.1 Å². The Hall–Kier alpha value is -3.41. The summed E-state index contributed by atoms with van der Waals surface area (Å²) in [6.07, 6.45) is 1.70. The second kappa shape index (κ2) is 9.81. The van der Waals surface area contributed by atoms with Crippen molar-refractivity contribution in [1.82, 2.24) is 20.4 Å². The molecule has 1 fully saturated rings. The average Bonchev–Trinajstić information content (AvgIpc) is 3.01. The van der Waals surface area contributed by atoms with Crippen LogP contribution in [-0.4, -0.2) is 46.5 Å². The lowest BCUT2D eigenvalue weighted by atomic mass is 9.96. The lowest BCUT2D eigenvalue weighted by molar-refractivity contribution is -0.132. The van der Waals surface area contributed by atoms with E-state index in [1.165, 1.54) is 5.56 Å². The molecule has 1 aromatic heterocycles. The smallest absolute Gasteiger partial charge is 0.225 e. The first-order chi connectivity index (χ1) is 15.5. The van der Waals surface area contributed by atoms with Crippen LogP contribution in [-0.2, 0) is 22.4 Å². The highest BCUT2D eigenvalue weighted by atomic mass is 16.2. The van der Waals surface area contributed by atoms with Gasteiger partial charge in [0.1, 0.15) is 0 Å². The summed E-state index contributed by atoms with van der Waals surface area (Å²) in [7, 11) is 0. The molecule has 0 bridgehead atoms. The SMILES string of the molecule is Cc1n[nH]c(C)c1CCC(=O)N1CCNC(=O)C(Cc2ccc(-c3ccccc3)cc2)C1. The van der Waals surface area contributed by atoms with Crippen molar-refractivity contribution in [1.29, 1.82) is 0 Å². The maximum atomic E-state index is 12.9. The van der Waals surface area contributed by atoms with Crippen LogP contribution in [0, 0.1) is 19.8 Å². The summed E-state index contributed by atoms with van der Waals surface area (Å²) in [5.74, 6) is -0.138. The molecule has 32 heavy (non-hydrogen) atoms. The number of hydrogen-bond acceptors (Lipinski definition) is 3. The van der Waals surface area contributed by atoms with E-state index in [1.807, 2.05) is 36.9 Å². The minimum absolute atomic E-state index is 0.0222. The lowest BCUT2D eigenvalue weighted by Gasteiger charge is -2.23. The van der Waals surface area contributed by atoms with E-state index >= 15 is 0 Å². The molecule has 1 aliphatic heterocycles. The highest BCUT2D eigenvalue weighted by molar-refractivity contribution is 5.82. The number of amides is 2. The Bertz CT molecular complexity index is 1050. The number of rotatable bonds is 6. The number of H-pyrrole nitrogens is 1. The van der Waals surface area contributed by atoms with Crippen LogP contribution in [0.1, 0.15) is 28.9 Å². The molecule has 166 valence electrons. The van der Waals surface area contributed by atoms with Gasteiger partial charge in [0.05, 0.1) is 11.6 Å². The number of benzene rings is 2. The summed E-state index contributed by atoms with van der Waals surface area (Å²) >= 11 is 0. The van der Waals surface area contributed by atoms with Crippen molar-refractivity contribution in [2.24, 2.45) is 5.92 Å². The topological polar surface area (TPSA) is 78.1 Å². The summed E-state index contributed by atoms with van der Waals surface area (Å²) in [6, 6.07) is 18.6. The zero-order valence-electron chi connectivity index (χ0n) is 18.7. The lowest BCUT2D eigenvalue weighted by Crippen LogP contribution is -2.37. The Balaban J connectivity index is 1.39. The van der Waals surface area contributed by atoms with E-state index < -0.39 is 0 Å². The molecule has 1 saturated heterocycles. The Morgan fingerprint density at radius 1 is 1.06 bits per heavy atom. The molecule has 1 aliphatic rings. The van der Waals surface area contributed by atoms with Gasteiger partial charge in [0.15, 0.2) is 0 Å². The van der Waals surface area contributed by atoms with Crippen LogP contribution in [0.25, 0.3) is 11.1 Å². The van der Waals surface area contributed by atoms with Crippen LogP contribution in [0.4, 0.5) is 0 Å². The fraction of sp³-hybridized carbons (Fsp3) is 0.346. The van der Waals surface area contributed by atoms with E-state index in [9.17, 15) is 9.59 Å². The van der Waals surface area contributed by atoms with Gasteiger partial charge in [-0.25, -0.2) is 0 Å². The Morgan fingerprint density at radius 2 is 1.78 bits per heavy atom. The number of aryl methyl sites for hydroxylation is 2. The Morgan fingerprint density at radius 3 is 2.47 bits per heavy atom. The molecule has 1 unspecified atom stereocenters. The number of aromatic nitrogens is 2. The minimum Gasteiger partial charge on any atom is -0.354 e. The van der Waals surface area contributed by atoms with E-state index in [1.54, 1.807) is 0 Å². The number of carbonyl (C=O) groups is 2. The molecule has 2 amide bonds. The van der Waals surface area contributed by atoms with Crippen molar-refractivity contribution < 1.29 is 9.59 Å². The molecule has 0 saturated carbocycles. The molecule has 1 atom stereocenters. The largest absolute Gasteiger partial charge is 0.354 e. The van der Waals surface area contributed by atoms with Gasteiger partial charge in [-0.3, -0.25) is 14.7 Å². The standard InChI is InChI=1S/C26H30N4O2/c1-18-24(19(2)29-28-18)12-13-25(31)30-15-14-27-26(32)23(17-30)16-20-8-10-22(11-9-20)21-6-4-3-5-7-21/h3-11,23H,12-17H2,1-2H3,(H,27,32)(H,28,29). The van der Waals surface area contributed by atoms with E-state index in [2.05, 4.69) is 51.9 Å². The summed E-state index contributed by atoms with van der Waals surface area (Å²) < 4.78 is 0. The van der Waals surface area contributed by atoms with Gasteiger partial charge in [0.2, 0.25) is 11.8 Å². The minimum atomic E-state index is -0.249. The van der Waals surface area contributed by atoms with Crippen LogP contribution in [0.2, 0.25) is 0 Å². The molecule has 6 nitrogen and oxygen atoms in total. The summed E-state index contributed by atoms with van der Waals surface area (Å²) in [5, 5.41) is 10.2. The van der Waals surface area contributed by atoms with Gasteiger partial charge in [-0.15, -0.1) is 0 Å². The van der Waals surface area contributed by atoms with Crippen LogP contribution < -0.4 is 5.32 Å². The molecule has 0 radical (unpaired) electrons. The molecule has 0 spiro atoms. The molecule has 4 rings (SSSR count). The van der Waals surface area contributed by atoms with Crippen LogP contribution in [0.3, 0.4) is 0 Å². The molecule has 2 N–H and O–H groups in total. The maximum absolute atomic E-state index is 12.9. The van der Waals surface area contributed by atoms with Gasteiger partial charge >= 0.3 is 0 Å². The van der Waals surface area contributed by atoms with Crippen LogP contribution in [0.15, 0.2) is 54.6 Å². The monoisotopic (exact) mass is 430 g/mol. The molecule has 0 aliphatic carbocycles. The fourth-order valence-electron chi connectivity index (χ4n) is 4.36. The predicted molar refractivity (Wildman–Crippen MR) is 125 cm³/mol. The molecule has 2 aromatic carbocycles. The third-order valence-corrected chi connectivity index (χ3v) is 6.26. The van der Waals surface area contributed by atoms with Crippen LogP contribution >= 0.6 is 0 Å². The van der Waals surface area contributed by atoms with Crippen molar-refractivity contribution in [2.45, 2.75) is 33.1 Å². The zero-order chi connectivity index (χ0) is 22.5. The first-order valence-corrected chi connectivity index (χ1v) is 11.2. The van der Waals surface area contributed by atoms with E-state index in [0.29, 0.717) is 38.9 Å². The van der Waals surface area contributed by atoms with Gasteiger partial charge in [-0.2, -0.15) is 5.10 Å².